The number of rotatable bonds is 4. The molecule has 1 fully saturated rings. The third kappa shape index (κ3) is 3.21. The molecule has 1 aliphatic carbocycles. The second-order valence-corrected chi connectivity index (χ2v) is 6.51. The van der Waals surface area contributed by atoms with Crippen molar-refractivity contribution in [2.24, 2.45) is 0 Å². The molecular formula is C15H16Cl3N3. The maximum atomic E-state index is 6.25. The van der Waals surface area contributed by atoms with Gasteiger partial charge in [0.05, 0.1) is 16.4 Å². The van der Waals surface area contributed by atoms with Gasteiger partial charge in [-0.2, -0.15) is 0 Å². The van der Waals surface area contributed by atoms with E-state index in [0.717, 1.165) is 18.4 Å². The maximum absolute atomic E-state index is 6.25. The van der Waals surface area contributed by atoms with Gasteiger partial charge in [0.15, 0.2) is 0 Å². The van der Waals surface area contributed by atoms with E-state index in [0.29, 0.717) is 33.7 Å². The van der Waals surface area contributed by atoms with Crippen molar-refractivity contribution in [3.05, 3.63) is 51.5 Å². The monoisotopic (exact) mass is 343 g/mol. The third-order valence-electron chi connectivity index (χ3n) is 4.07. The predicted octanol–water partition coefficient (Wildman–Crippen LogP) is 4.73. The first-order valence-corrected chi connectivity index (χ1v) is 8.13. The number of nitrogens with one attached hydrogen (secondary N) is 1. The molecule has 3 nitrogen and oxygen atoms in total. The van der Waals surface area contributed by atoms with Crippen LogP contribution in [0.3, 0.4) is 0 Å². The van der Waals surface area contributed by atoms with E-state index in [9.17, 15) is 0 Å². The minimum absolute atomic E-state index is 0.394. The Labute approximate surface area is 139 Å². The molecule has 1 heterocycles. The van der Waals surface area contributed by atoms with Crippen molar-refractivity contribution in [3.63, 3.8) is 0 Å². The topological polar surface area (TPSA) is 29.9 Å². The molecule has 0 aliphatic heterocycles. The first-order chi connectivity index (χ1) is 10.2. The Morgan fingerprint density at radius 3 is 2.76 bits per heavy atom. The van der Waals surface area contributed by atoms with Crippen LogP contribution in [0.2, 0.25) is 15.1 Å². The van der Waals surface area contributed by atoms with Gasteiger partial charge in [-0.1, -0.05) is 34.8 Å². The number of halogens is 3. The Morgan fingerprint density at radius 2 is 2.00 bits per heavy atom. The van der Waals surface area contributed by atoms with Gasteiger partial charge in [-0.25, -0.2) is 4.98 Å². The van der Waals surface area contributed by atoms with Crippen LogP contribution < -0.4 is 5.32 Å². The van der Waals surface area contributed by atoms with Crippen molar-refractivity contribution >= 4 is 34.8 Å². The summed E-state index contributed by atoms with van der Waals surface area (Å²) in [4.78, 5) is 4.13. The second kappa shape index (κ2) is 6.57. The molecule has 0 bridgehead atoms. The number of hydrogen-bond donors (Lipinski definition) is 1. The zero-order valence-corrected chi connectivity index (χ0v) is 13.7. The molecule has 21 heavy (non-hydrogen) atoms. The Morgan fingerprint density at radius 1 is 1.19 bits per heavy atom. The van der Waals surface area contributed by atoms with Gasteiger partial charge in [-0.05, 0) is 31.4 Å². The first-order valence-electron chi connectivity index (χ1n) is 7.00. The third-order valence-corrected chi connectivity index (χ3v) is 5.26. The van der Waals surface area contributed by atoms with Crippen LogP contribution in [0.5, 0.6) is 0 Å². The normalized spacial score (nSPS) is 21.9. The molecule has 1 saturated carbocycles. The van der Waals surface area contributed by atoms with Crippen molar-refractivity contribution in [1.29, 1.82) is 0 Å². The largest absolute Gasteiger partial charge is 0.333 e. The lowest BCUT2D eigenvalue weighted by atomic mass is 10.1. The summed E-state index contributed by atoms with van der Waals surface area (Å²) >= 11 is 18.5. The van der Waals surface area contributed by atoms with Crippen molar-refractivity contribution < 1.29 is 0 Å². The van der Waals surface area contributed by atoms with Gasteiger partial charge in [-0.15, -0.1) is 0 Å². The molecule has 0 spiro atoms. The molecule has 1 aromatic carbocycles. The quantitative estimate of drug-likeness (QED) is 0.813. The smallest absolute Gasteiger partial charge is 0.0949 e. The van der Waals surface area contributed by atoms with Crippen LogP contribution >= 0.6 is 34.8 Å². The zero-order valence-electron chi connectivity index (χ0n) is 11.4. The highest BCUT2D eigenvalue weighted by Crippen LogP contribution is 2.33. The molecule has 3 rings (SSSR count). The van der Waals surface area contributed by atoms with Gasteiger partial charge in [-0.3, -0.25) is 0 Å². The average Bonchev–Trinajstić information content (AvgIpc) is 3.13. The van der Waals surface area contributed by atoms with Crippen LogP contribution in [-0.4, -0.2) is 15.6 Å². The number of nitrogens with zero attached hydrogens (tertiary/aromatic N) is 2. The van der Waals surface area contributed by atoms with Crippen molar-refractivity contribution in [3.8, 4) is 0 Å². The maximum Gasteiger partial charge on any atom is 0.0949 e. The van der Waals surface area contributed by atoms with E-state index < -0.39 is 0 Å². The summed E-state index contributed by atoms with van der Waals surface area (Å²) in [5.41, 5.74) is 0.863. The summed E-state index contributed by atoms with van der Waals surface area (Å²) in [5.74, 6) is 0. The SMILES string of the molecule is Clc1ccc(Cl)c(CNC2CCCC2n2ccnc2)c1Cl. The van der Waals surface area contributed by atoms with Gasteiger partial charge < -0.3 is 9.88 Å². The highest BCUT2D eigenvalue weighted by atomic mass is 35.5. The van der Waals surface area contributed by atoms with E-state index in [1.165, 1.54) is 6.42 Å². The van der Waals surface area contributed by atoms with Crippen molar-refractivity contribution in [2.75, 3.05) is 0 Å². The molecule has 112 valence electrons. The summed E-state index contributed by atoms with van der Waals surface area (Å²) in [6.07, 6.45) is 9.22. The molecule has 2 aromatic rings. The summed E-state index contributed by atoms with van der Waals surface area (Å²) in [5, 5.41) is 5.29. The van der Waals surface area contributed by atoms with E-state index in [2.05, 4.69) is 14.9 Å². The van der Waals surface area contributed by atoms with Crippen LogP contribution in [0.25, 0.3) is 0 Å². The van der Waals surface area contributed by atoms with Crippen LogP contribution in [0.4, 0.5) is 0 Å². The molecule has 6 heteroatoms. The molecule has 1 aromatic heterocycles. The fourth-order valence-corrected chi connectivity index (χ4v) is 3.65. The standard InChI is InChI=1S/C15H16Cl3N3/c16-11-4-5-12(17)15(18)10(11)8-20-13-2-1-3-14(13)21-7-6-19-9-21/h4-7,9,13-14,20H,1-3,8H2. The molecule has 0 radical (unpaired) electrons. The Balaban J connectivity index is 1.72. The first kappa shape index (κ1) is 15.2. The fourth-order valence-electron chi connectivity index (χ4n) is 2.97. The Kier molecular flexibility index (Phi) is 4.75. The molecule has 0 amide bonds. The molecule has 1 aliphatic rings. The number of benzene rings is 1. The highest BCUT2D eigenvalue weighted by Gasteiger charge is 2.28. The molecule has 1 N–H and O–H groups in total. The summed E-state index contributed by atoms with van der Waals surface area (Å²) in [7, 11) is 0. The van der Waals surface area contributed by atoms with Crippen LogP contribution in [-0.2, 0) is 6.54 Å². The van der Waals surface area contributed by atoms with Crippen LogP contribution in [0.1, 0.15) is 30.9 Å². The number of imidazole rings is 1. The molecule has 2 unspecified atom stereocenters. The lowest BCUT2D eigenvalue weighted by Crippen LogP contribution is -2.33. The van der Waals surface area contributed by atoms with Gasteiger partial charge in [0.2, 0.25) is 0 Å². The summed E-state index contributed by atoms with van der Waals surface area (Å²) in [6, 6.07) is 4.34. The van der Waals surface area contributed by atoms with E-state index in [1.807, 2.05) is 18.7 Å². The van der Waals surface area contributed by atoms with Crippen molar-refractivity contribution in [2.45, 2.75) is 37.9 Å². The van der Waals surface area contributed by atoms with Gasteiger partial charge in [0.25, 0.3) is 0 Å². The average molecular weight is 345 g/mol. The van der Waals surface area contributed by atoms with E-state index in [4.69, 9.17) is 34.8 Å². The zero-order chi connectivity index (χ0) is 14.8. The van der Waals surface area contributed by atoms with E-state index >= 15 is 0 Å². The minimum atomic E-state index is 0.394. The van der Waals surface area contributed by atoms with E-state index in [-0.39, 0.29) is 0 Å². The minimum Gasteiger partial charge on any atom is -0.333 e. The lowest BCUT2D eigenvalue weighted by molar-refractivity contribution is 0.390. The van der Waals surface area contributed by atoms with Crippen molar-refractivity contribution in [1.82, 2.24) is 14.9 Å². The summed E-state index contributed by atoms with van der Waals surface area (Å²) < 4.78 is 2.17. The Bertz CT molecular complexity index is 613. The predicted molar refractivity (Wildman–Crippen MR) is 87.2 cm³/mol. The Hall–Kier alpha value is -0.740. The molecule has 0 saturated heterocycles. The molecule has 2 atom stereocenters. The lowest BCUT2D eigenvalue weighted by Gasteiger charge is -2.23. The van der Waals surface area contributed by atoms with Crippen LogP contribution in [0.15, 0.2) is 30.9 Å². The number of hydrogen-bond acceptors (Lipinski definition) is 2. The second-order valence-electron chi connectivity index (χ2n) is 5.32. The molecular weight excluding hydrogens is 329 g/mol. The van der Waals surface area contributed by atoms with E-state index in [1.54, 1.807) is 12.1 Å². The van der Waals surface area contributed by atoms with Gasteiger partial charge >= 0.3 is 0 Å². The van der Waals surface area contributed by atoms with Gasteiger partial charge in [0.1, 0.15) is 0 Å². The van der Waals surface area contributed by atoms with Crippen LogP contribution in [0, 0.1) is 0 Å². The highest BCUT2D eigenvalue weighted by molar-refractivity contribution is 6.44. The number of aromatic nitrogens is 2. The fraction of sp³-hybridized carbons (Fsp3) is 0.400. The summed E-state index contributed by atoms with van der Waals surface area (Å²) in [6.45, 7) is 0.619. The van der Waals surface area contributed by atoms with Gasteiger partial charge in [0, 0.05) is 41.6 Å².